The van der Waals surface area contributed by atoms with Crippen LogP contribution in [0.15, 0.2) is 109 Å². The van der Waals surface area contributed by atoms with Crippen LogP contribution < -0.4 is 10.1 Å². The minimum atomic E-state index is 0.483. The molecule has 0 fully saturated rings. The first-order valence-electron chi connectivity index (χ1n) is 10.4. The molecule has 5 aromatic rings. The Bertz CT molecular complexity index is 1460. The molecule has 1 N–H and O–H groups in total. The average molecular weight is 446 g/mol. The summed E-state index contributed by atoms with van der Waals surface area (Å²) in [7, 11) is 0. The van der Waals surface area contributed by atoms with Gasteiger partial charge in [-0.2, -0.15) is 5.26 Å². The van der Waals surface area contributed by atoms with E-state index < -0.39 is 0 Å². The minimum Gasteiger partial charge on any atom is -0.457 e. The number of nitrogens with zero attached hydrogens (tertiary/aromatic N) is 2. The van der Waals surface area contributed by atoms with Gasteiger partial charge in [0.15, 0.2) is 0 Å². The number of allylic oxidation sites excluding steroid dienone is 1. The van der Waals surface area contributed by atoms with Crippen molar-refractivity contribution >= 4 is 33.4 Å². The van der Waals surface area contributed by atoms with Crippen LogP contribution in [0.25, 0.3) is 27.6 Å². The highest BCUT2D eigenvalue weighted by Crippen LogP contribution is 2.29. The molecule has 0 saturated carbocycles. The van der Waals surface area contributed by atoms with Gasteiger partial charge in [-0.1, -0.05) is 54.6 Å². The van der Waals surface area contributed by atoms with Gasteiger partial charge in [0.1, 0.15) is 28.1 Å². The molecule has 0 saturated heterocycles. The number of nitrogens with one attached hydrogen (secondary N) is 1. The molecular formula is C28H19N3OS. The molecule has 0 aliphatic rings. The van der Waals surface area contributed by atoms with E-state index in [4.69, 9.17) is 9.72 Å². The van der Waals surface area contributed by atoms with Crippen molar-refractivity contribution in [2.45, 2.75) is 0 Å². The molecule has 5 rings (SSSR count). The van der Waals surface area contributed by atoms with Crippen LogP contribution in [-0.2, 0) is 0 Å². The molecule has 1 aromatic heterocycles. The Morgan fingerprint density at radius 2 is 1.58 bits per heavy atom. The van der Waals surface area contributed by atoms with E-state index in [1.165, 1.54) is 22.1 Å². The first-order chi connectivity index (χ1) is 16.3. The maximum Gasteiger partial charge on any atom is 0.136 e. The number of ether oxygens (including phenoxy) is 1. The van der Waals surface area contributed by atoms with E-state index >= 15 is 0 Å². The lowest BCUT2D eigenvalue weighted by Crippen LogP contribution is -1.91. The van der Waals surface area contributed by atoms with Crippen molar-refractivity contribution in [3.63, 3.8) is 0 Å². The van der Waals surface area contributed by atoms with Crippen molar-refractivity contribution in [3.05, 3.63) is 114 Å². The monoisotopic (exact) mass is 445 g/mol. The second-order valence-electron chi connectivity index (χ2n) is 7.35. The summed E-state index contributed by atoms with van der Waals surface area (Å²) in [5.74, 6) is 1.53. The molecule has 4 aromatic carbocycles. The zero-order valence-corrected chi connectivity index (χ0v) is 18.4. The minimum absolute atomic E-state index is 0.483. The van der Waals surface area contributed by atoms with E-state index in [1.54, 1.807) is 6.20 Å². The summed E-state index contributed by atoms with van der Waals surface area (Å²) < 4.78 is 5.82. The maximum absolute atomic E-state index is 9.68. The van der Waals surface area contributed by atoms with E-state index in [2.05, 4.69) is 41.7 Å². The van der Waals surface area contributed by atoms with Gasteiger partial charge in [0.05, 0.1) is 5.69 Å². The van der Waals surface area contributed by atoms with Crippen molar-refractivity contribution in [3.8, 4) is 28.8 Å². The number of fused-ring (bicyclic) bond motifs is 1. The van der Waals surface area contributed by atoms with Crippen LogP contribution in [0.3, 0.4) is 0 Å². The van der Waals surface area contributed by atoms with Crippen molar-refractivity contribution < 1.29 is 4.74 Å². The van der Waals surface area contributed by atoms with Crippen LogP contribution in [0, 0.1) is 11.3 Å². The third-order valence-corrected chi connectivity index (χ3v) is 5.99. The van der Waals surface area contributed by atoms with Gasteiger partial charge >= 0.3 is 0 Å². The Balaban J connectivity index is 1.30. The van der Waals surface area contributed by atoms with Gasteiger partial charge < -0.3 is 10.1 Å². The normalized spacial score (nSPS) is 11.2. The van der Waals surface area contributed by atoms with Gasteiger partial charge in [0, 0.05) is 22.8 Å². The predicted octanol–water partition coefficient (Wildman–Crippen LogP) is 7.73. The predicted molar refractivity (Wildman–Crippen MR) is 135 cm³/mol. The SMILES string of the molecule is N#C/C(=C\Nc1ccc(Oc2ccccc2)cc1)c1nc(-c2ccc3ccccc3c2)cs1. The summed E-state index contributed by atoms with van der Waals surface area (Å²) in [6.45, 7) is 0. The molecule has 0 spiro atoms. The van der Waals surface area contributed by atoms with Gasteiger partial charge in [0.2, 0.25) is 0 Å². The van der Waals surface area contributed by atoms with Crippen LogP contribution in [0.4, 0.5) is 5.69 Å². The van der Waals surface area contributed by atoms with Gasteiger partial charge in [-0.15, -0.1) is 11.3 Å². The number of thiazole rings is 1. The highest BCUT2D eigenvalue weighted by molar-refractivity contribution is 7.11. The Labute approximate surface area is 196 Å². The van der Waals surface area contributed by atoms with Crippen LogP contribution in [0.2, 0.25) is 0 Å². The number of nitriles is 1. The van der Waals surface area contributed by atoms with Crippen molar-refractivity contribution in [2.75, 3.05) is 5.32 Å². The second-order valence-corrected chi connectivity index (χ2v) is 8.21. The molecule has 33 heavy (non-hydrogen) atoms. The molecule has 1 heterocycles. The van der Waals surface area contributed by atoms with E-state index in [9.17, 15) is 5.26 Å². The fourth-order valence-electron chi connectivity index (χ4n) is 3.42. The number of benzene rings is 4. The molecule has 0 bridgehead atoms. The zero-order chi connectivity index (χ0) is 22.5. The van der Waals surface area contributed by atoms with E-state index in [0.29, 0.717) is 10.6 Å². The summed E-state index contributed by atoms with van der Waals surface area (Å²) in [6, 6.07) is 34.0. The fraction of sp³-hybridized carbons (Fsp3) is 0. The zero-order valence-electron chi connectivity index (χ0n) is 17.6. The second kappa shape index (κ2) is 9.39. The Morgan fingerprint density at radius 1 is 0.848 bits per heavy atom. The van der Waals surface area contributed by atoms with E-state index in [0.717, 1.165) is 28.4 Å². The first-order valence-corrected chi connectivity index (χ1v) is 11.3. The number of para-hydroxylation sites is 1. The van der Waals surface area contributed by atoms with Crippen LogP contribution in [0.1, 0.15) is 5.01 Å². The van der Waals surface area contributed by atoms with Gasteiger partial charge in [-0.25, -0.2) is 4.98 Å². The fourth-order valence-corrected chi connectivity index (χ4v) is 4.21. The quantitative estimate of drug-likeness (QED) is 0.272. The average Bonchev–Trinajstić information content (AvgIpc) is 3.36. The number of anilines is 1. The molecule has 0 unspecified atom stereocenters. The summed E-state index contributed by atoms with van der Waals surface area (Å²) >= 11 is 1.46. The Kier molecular flexibility index (Phi) is 5.83. The third-order valence-electron chi connectivity index (χ3n) is 5.12. The van der Waals surface area contributed by atoms with Gasteiger partial charge in [0.25, 0.3) is 0 Å². The molecule has 4 nitrogen and oxygen atoms in total. The molecule has 158 valence electrons. The number of rotatable bonds is 6. The van der Waals surface area contributed by atoms with Crippen molar-refractivity contribution in [1.82, 2.24) is 4.98 Å². The first kappa shape index (κ1) is 20.5. The van der Waals surface area contributed by atoms with E-state index in [-0.39, 0.29) is 0 Å². The van der Waals surface area contributed by atoms with Gasteiger partial charge in [-0.05, 0) is 53.2 Å². The highest BCUT2D eigenvalue weighted by Gasteiger charge is 2.09. The lowest BCUT2D eigenvalue weighted by molar-refractivity contribution is 0.483. The van der Waals surface area contributed by atoms with Crippen molar-refractivity contribution in [1.29, 1.82) is 5.26 Å². The number of hydrogen-bond donors (Lipinski definition) is 1. The molecule has 0 amide bonds. The summed E-state index contributed by atoms with van der Waals surface area (Å²) in [4.78, 5) is 4.70. The number of aromatic nitrogens is 1. The van der Waals surface area contributed by atoms with Crippen LogP contribution in [0.5, 0.6) is 11.5 Å². The number of hydrogen-bond acceptors (Lipinski definition) is 5. The highest BCUT2D eigenvalue weighted by atomic mass is 32.1. The molecule has 0 atom stereocenters. The van der Waals surface area contributed by atoms with Crippen LogP contribution >= 0.6 is 11.3 Å². The third kappa shape index (κ3) is 4.77. The molecule has 0 aliphatic carbocycles. The maximum atomic E-state index is 9.68. The largest absolute Gasteiger partial charge is 0.457 e. The van der Waals surface area contributed by atoms with Gasteiger partial charge in [-0.3, -0.25) is 0 Å². The molecule has 0 radical (unpaired) electrons. The van der Waals surface area contributed by atoms with Crippen molar-refractivity contribution in [2.24, 2.45) is 0 Å². The topological polar surface area (TPSA) is 57.9 Å². The van der Waals surface area contributed by atoms with Crippen LogP contribution in [-0.4, -0.2) is 4.98 Å². The summed E-state index contributed by atoms with van der Waals surface area (Å²) in [5, 5.41) is 17.9. The standard InChI is InChI=1S/C28H19N3OS/c29-17-23(18-30-24-12-14-26(15-13-24)32-25-8-2-1-3-9-25)28-31-27(19-33-28)22-11-10-20-6-4-5-7-21(20)16-22/h1-16,18-19,30H/b23-18+. The molecule has 5 heteroatoms. The summed E-state index contributed by atoms with van der Waals surface area (Å²) in [5.41, 5.74) is 3.24. The molecular weight excluding hydrogens is 426 g/mol. The lowest BCUT2D eigenvalue weighted by atomic mass is 10.1. The molecule has 0 aliphatic heterocycles. The van der Waals surface area contributed by atoms with E-state index in [1.807, 2.05) is 72.1 Å². The lowest BCUT2D eigenvalue weighted by Gasteiger charge is -2.07. The smallest absolute Gasteiger partial charge is 0.136 e. The Hall–Kier alpha value is -4.40. The Morgan fingerprint density at radius 3 is 2.36 bits per heavy atom. The summed E-state index contributed by atoms with van der Waals surface area (Å²) in [6.07, 6.45) is 1.69.